The maximum absolute atomic E-state index is 12.4. The third-order valence-electron chi connectivity index (χ3n) is 4.33. The van der Waals surface area contributed by atoms with E-state index in [1.807, 2.05) is 34.9 Å². The number of hydrogen-bond donors (Lipinski definition) is 2. The molecule has 1 aromatic carbocycles. The van der Waals surface area contributed by atoms with Crippen molar-refractivity contribution < 1.29 is 9.53 Å². The largest absolute Gasteiger partial charge is 0.491 e. The van der Waals surface area contributed by atoms with Gasteiger partial charge in [-0.3, -0.25) is 14.2 Å². The Kier molecular flexibility index (Phi) is 4.59. The maximum atomic E-state index is 12.4. The summed E-state index contributed by atoms with van der Waals surface area (Å²) in [4.78, 5) is 35.9. The van der Waals surface area contributed by atoms with Crippen molar-refractivity contribution in [2.75, 3.05) is 7.11 Å². The van der Waals surface area contributed by atoms with E-state index in [9.17, 15) is 9.59 Å². The number of amides is 1. The standard InChI is InChI=1S/C20H17N5O3/c1-28-18-11-22-15(9-17(18)26)20(27)23-10-13-5-4-8-21-19(13)25-12-24-14-6-2-3-7-16(14)25/h2-9,11-12H,10H2,1H3,(H,22,26)(H,23,27). The van der Waals surface area contributed by atoms with Gasteiger partial charge in [0.25, 0.3) is 5.91 Å². The third kappa shape index (κ3) is 3.23. The molecule has 0 bridgehead atoms. The number of fused-ring (bicyclic) bond motifs is 1. The van der Waals surface area contributed by atoms with Crippen LogP contribution in [0.25, 0.3) is 16.9 Å². The van der Waals surface area contributed by atoms with Gasteiger partial charge in [-0.1, -0.05) is 18.2 Å². The van der Waals surface area contributed by atoms with Gasteiger partial charge in [0.1, 0.15) is 17.8 Å². The molecule has 0 aliphatic heterocycles. The number of methoxy groups -OCH3 is 1. The van der Waals surface area contributed by atoms with Crippen molar-refractivity contribution in [1.29, 1.82) is 0 Å². The second-order valence-electron chi connectivity index (χ2n) is 6.05. The predicted octanol–water partition coefficient (Wildman–Crippen LogP) is 2.05. The van der Waals surface area contributed by atoms with Crippen LogP contribution in [0.4, 0.5) is 0 Å². The fourth-order valence-corrected chi connectivity index (χ4v) is 2.93. The van der Waals surface area contributed by atoms with Crippen molar-refractivity contribution in [3.63, 3.8) is 0 Å². The van der Waals surface area contributed by atoms with Crippen molar-refractivity contribution >= 4 is 16.9 Å². The van der Waals surface area contributed by atoms with Gasteiger partial charge in [0.05, 0.1) is 18.1 Å². The Hall–Kier alpha value is -3.94. The van der Waals surface area contributed by atoms with Gasteiger partial charge < -0.3 is 15.0 Å². The van der Waals surface area contributed by atoms with Crippen LogP contribution >= 0.6 is 0 Å². The van der Waals surface area contributed by atoms with Crippen LogP contribution in [0.3, 0.4) is 0 Å². The first-order valence-corrected chi connectivity index (χ1v) is 8.58. The lowest BCUT2D eigenvalue weighted by Crippen LogP contribution is -2.26. The lowest BCUT2D eigenvalue weighted by atomic mass is 10.2. The van der Waals surface area contributed by atoms with E-state index in [1.165, 1.54) is 19.4 Å². The van der Waals surface area contributed by atoms with Crippen LogP contribution in [0.1, 0.15) is 16.1 Å². The lowest BCUT2D eigenvalue weighted by Gasteiger charge is -2.11. The Labute approximate surface area is 159 Å². The Balaban J connectivity index is 1.59. The Bertz CT molecular complexity index is 1210. The normalized spacial score (nSPS) is 10.8. The number of aromatic nitrogens is 4. The van der Waals surface area contributed by atoms with Crippen molar-refractivity contribution in [2.45, 2.75) is 6.54 Å². The SMILES string of the molecule is COc1c[nH]c(C(=O)NCc2cccnc2-n2cnc3ccccc32)cc1=O. The van der Waals surface area contributed by atoms with E-state index >= 15 is 0 Å². The van der Waals surface area contributed by atoms with E-state index in [2.05, 4.69) is 20.3 Å². The number of nitrogens with one attached hydrogen (secondary N) is 2. The molecule has 8 heteroatoms. The number of para-hydroxylation sites is 2. The summed E-state index contributed by atoms with van der Waals surface area (Å²) in [5.41, 5.74) is 2.39. The smallest absolute Gasteiger partial charge is 0.268 e. The first kappa shape index (κ1) is 17.5. The Morgan fingerprint density at radius 3 is 2.89 bits per heavy atom. The molecule has 0 saturated carbocycles. The highest BCUT2D eigenvalue weighted by atomic mass is 16.5. The molecule has 0 aliphatic rings. The number of H-pyrrole nitrogens is 1. The highest BCUT2D eigenvalue weighted by Gasteiger charge is 2.13. The molecule has 0 fully saturated rings. The van der Waals surface area contributed by atoms with Gasteiger partial charge in [-0.2, -0.15) is 0 Å². The molecule has 0 aliphatic carbocycles. The van der Waals surface area contributed by atoms with Gasteiger partial charge in [0.2, 0.25) is 5.43 Å². The number of rotatable bonds is 5. The summed E-state index contributed by atoms with van der Waals surface area (Å²) in [6.45, 7) is 0.239. The molecule has 3 aromatic heterocycles. The van der Waals surface area contributed by atoms with Crippen LogP contribution in [-0.2, 0) is 6.54 Å². The predicted molar refractivity (Wildman–Crippen MR) is 104 cm³/mol. The van der Waals surface area contributed by atoms with Crippen molar-refractivity contribution in [1.82, 2.24) is 24.8 Å². The number of benzene rings is 1. The number of carbonyl (C=O) groups excluding carboxylic acids is 1. The average Bonchev–Trinajstić information content (AvgIpc) is 3.16. The topological polar surface area (TPSA) is 102 Å². The zero-order chi connectivity index (χ0) is 19.5. The summed E-state index contributed by atoms with van der Waals surface area (Å²) in [5.74, 6) is 0.433. The second-order valence-corrected chi connectivity index (χ2v) is 6.05. The number of imidazole rings is 1. The zero-order valence-corrected chi connectivity index (χ0v) is 15.0. The molecule has 28 heavy (non-hydrogen) atoms. The van der Waals surface area contributed by atoms with Crippen LogP contribution in [0.2, 0.25) is 0 Å². The Morgan fingerprint density at radius 2 is 2.07 bits per heavy atom. The van der Waals surface area contributed by atoms with Crippen LogP contribution < -0.4 is 15.5 Å². The van der Waals surface area contributed by atoms with Gasteiger partial charge in [-0.25, -0.2) is 9.97 Å². The van der Waals surface area contributed by atoms with Gasteiger partial charge in [0.15, 0.2) is 5.75 Å². The molecule has 1 amide bonds. The first-order valence-electron chi connectivity index (χ1n) is 8.58. The maximum Gasteiger partial charge on any atom is 0.268 e. The number of ether oxygens (including phenoxy) is 1. The highest BCUT2D eigenvalue weighted by molar-refractivity contribution is 5.92. The first-order chi connectivity index (χ1) is 13.7. The molecule has 0 unspecified atom stereocenters. The number of nitrogens with zero attached hydrogens (tertiary/aromatic N) is 3. The molecule has 0 atom stereocenters. The number of carbonyl (C=O) groups is 1. The van der Waals surface area contributed by atoms with Crippen molar-refractivity contribution in [3.8, 4) is 11.6 Å². The van der Waals surface area contributed by atoms with Crippen LogP contribution in [0.5, 0.6) is 5.75 Å². The molecule has 0 saturated heterocycles. The molecule has 8 nitrogen and oxygen atoms in total. The molecular formula is C20H17N5O3. The van der Waals surface area contributed by atoms with Crippen LogP contribution in [0.15, 0.2) is 66.0 Å². The molecule has 0 radical (unpaired) electrons. The number of hydrogen-bond acceptors (Lipinski definition) is 5. The highest BCUT2D eigenvalue weighted by Crippen LogP contribution is 2.19. The minimum Gasteiger partial charge on any atom is -0.491 e. The van der Waals surface area contributed by atoms with Gasteiger partial charge in [0, 0.05) is 30.6 Å². The van der Waals surface area contributed by atoms with E-state index in [4.69, 9.17) is 4.74 Å². The van der Waals surface area contributed by atoms with E-state index in [0.29, 0.717) is 5.82 Å². The second kappa shape index (κ2) is 7.36. The summed E-state index contributed by atoms with van der Waals surface area (Å²) in [7, 11) is 1.40. The van der Waals surface area contributed by atoms with Gasteiger partial charge in [-0.15, -0.1) is 0 Å². The molecule has 2 N–H and O–H groups in total. The molecule has 140 valence electrons. The molecule has 3 heterocycles. The summed E-state index contributed by atoms with van der Waals surface area (Å²) in [5, 5.41) is 2.81. The summed E-state index contributed by atoms with van der Waals surface area (Å²) in [6, 6.07) is 12.6. The van der Waals surface area contributed by atoms with Crippen LogP contribution in [-0.4, -0.2) is 32.5 Å². The van der Waals surface area contributed by atoms with Gasteiger partial charge in [-0.05, 0) is 18.2 Å². The van der Waals surface area contributed by atoms with Crippen molar-refractivity contribution in [2.24, 2.45) is 0 Å². The number of pyridine rings is 2. The molecule has 4 aromatic rings. The van der Waals surface area contributed by atoms with E-state index < -0.39 is 5.91 Å². The quantitative estimate of drug-likeness (QED) is 0.556. The van der Waals surface area contributed by atoms with E-state index in [-0.39, 0.29) is 23.4 Å². The molecule has 0 spiro atoms. The zero-order valence-electron chi connectivity index (χ0n) is 15.0. The number of aromatic amines is 1. The van der Waals surface area contributed by atoms with Crippen LogP contribution in [0, 0.1) is 0 Å². The summed E-state index contributed by atoms with van der Waals surface area (Å²) < 4.78 is 6.79. The summed E-state index contributed by atoms with van der Waals surface area (Å²) >= 11 is 0. The van der Waals surface area contributed by atoms with Crippen molar-refractivity contribution in [3.05, 3.63) is 82.7 Å². The third-order valence-corrected chi connectivity index (χ3v) is 4.33. The minimum absolute atomic E-state index is 0.151. The average molecular weight is 375 g/mol. The fraction of sp³-hybridized carbons (Fsp3) is 0.100. The fourth-order valence-electron chi connectivity index (χ4n) is 2.93. The van der Waals surface area contributed by atoms with E-state index in [1.54, 1.807) is 18.6 Å². The lowest BCUT2D eigenvalue weighted by molar-refractivity contribution is 0.0945. The van der Waals surface area contributed by atoms with Gasteiger partial charge >= 0.3 is 0 Å². The Morgan fingerprint density at radius 1 is 1.21 bits per heavy atom. The van der Waals surface area contributed by atoms with E-state index in [0.717, 1.165) is 16.6 Å². The monoisotopic (exact) mass is 375 g/mol. The minimum atomic E-state index is -0.398. The molecule has 4 rings (SSSR count). The molecular weight excluding hydrogens is 358 g/mol. The summed E-state index contributed by atoms with van der Waals surface area (Å²) in [6.07, 6.45) is 4.76.